The van der Waals surface area contributed by atoms with Crippen molar-refractivity contribution in [2.75, 3.05) is 0 Å². The fourth-order valence-electron chi connectivity index (χ4n) is 0.901. The van der Waals surface area contributed by atoms with Gasteiger partial charge in [-0.15, -0.1) is 0 Å². The van der Waals surface area contributed by atoms with Gasteiger partial charge in [-0.1, -0.05) is 47.2 Å². The maximum Gasteiger partial charge on any atom is 0.0471 e. The summed E-state index contributed by atoms with van der Waals surface area (Å²) in [4.78, 5) is 0. The van der Waals surface area contributed by atoms with Crippen LogP contribution in [0.5, 0.6) is 0 Å². The Balaban J connectivity index is 2.63. The maximum absolute atomic E-state index is 3.66. The second kappa shape index (κ2) is 2.70. The van der Waals surface area contributed by atoms with Crippen LogP contribution in [0.1, 0.15) is 19.8 Å². The highest BCUT2D eigenvalue weighted by Gasteiger charge is 2.19. The molecule has 0 radical (unpaired) electrons. The van der Waals surface area contributed by atoms with Gasteiger partial charge in [-0.2, -0.15) is 0 Å². The van der Waals surface area contributed by atoms with E-state index < -0.39 is 0 Å². The minimum atomic E-state index is 0.266. The lowest BCUT2D eigenvalue weighted by atomic mass is 9.98. The Morgan fingerprint density at radius 3 is 2.67 bits per heavy atom. The molecule has 1 heteroatoms. The van der Waals surface area contributed by atoms with Crippen molar-refractivity contribution < 1.29 is 0 Å². The van der Waals surface area contributed by atoms with Crippen LogP contribution in [0.15, 0.2) is 24.3 Å². The van der Waals surface area contributed by atoms with Crippen LogP contribution in [0.3, 0.4) is 0 Å². The van der Waals surface area contributed by atoms with E-state index in [-0.39, 0.29) is 4.32 Å². The molecule has 0 spiro atoms. The smallest absolute Gasteiger partial charge is 0.0471 e. The van der Waals surface area contributed by atoms with Crippen LogP contribution in [-0.2, 0) is 0 Å². The molecular weight excluding hydrogens is 176 g/mol. The topological polar surface area (TPSA) is 0 Å². The van der Waals surface area contributed by atoms with E-state index in [1.165, 1.54) is 0 Å². The summed E-state index contributed by atoms with van der Waals surface area (Å²) in [6.07, 6.45) is 10.9. The second-order valence-electron chi connectivity index (χ2n) is 2.38. The molecule has 0 aromatic heterocycles. The van der Waals surface area contributed by atoms with E-state index in [2.05, 4.69) is 47.2 Å². The SMILES string of the molecule is CC[C@]1(Br)C=CC=CC1. The summed E-state index contributed by atoms with van der Waals surface area (Å²) in [6, 6.07) is 0. The van der Waals surface area contributed by atoms with E-state index in [0.717, 1.165) is 12.8 Å². The minimum absolute atomic E-state index is 0.266. The van der Waals surface area contributed by atoms with Crippen LogP contribution in [0, 0.1) is 0 Å². The predicted molar refractivity (Wildman–Crippen MR) is 44.8 cm³/mol. The predicted octanol–water partition coefficient (Wildman–Crippen LogP) is 3.05. The van der Waals surface area contributed by atoms with Crippen LogP contribution in [0.4, 0.5) is 0 Å². The van der Waals surface area contributed by atoms with E-state index in [0.29, 0.717) is 0 Å². The van der Waals surface area contributed by atoms with E-state index >= 15 is 0 Å². The van der Waals surface area contributed by atoms with E-state index in [1.807, 2.05) is 0 Å². The summed E-state index contributed by atoms with van der Waals surface area (Å²) in [5.74, 6) is 0. The highest BCUT2D eigenvalue weighted by atomic mass is 79.9. The first-order chi connectivity index (χ1) is 4.27. The first-order valence-corrected chi connectivity index (χ1v) is 4.09. The molecule has 0 fully saturated rings. The summed E-state index contributed by atoms with van der Waals surface area (Å²) >= 11 is 3.66. The quantitative estimate of drug-likeness (QED) is 0.553. The van der Waals surface area contributed by atoms with Gasteiger partial charge >= 0.3 is 0 Å². The molecule has 0 aromatic carbocycles. The highest BCUT2D eigenvalue weighted by molar-refractivity contribution is 9.10. The molecule has 0 aliphatic heterocycles. The zero-order valence-corrected chi connectivity index (χ0v) is 7.19. The van der Waals surface area contributed by atoms with Crippen LogP contribution in [0.25, 0.3) is 0 Å². The Bertz CT molecular complexity index is 147. The monoisotopic (exact) mass is 186 g/mol. The Morgan fingerprint density at radius 2 is 2.33 bits per heavy atom. The van der Waals surface area contributed by atoms with E-state index in [4.69, 9.17) is 0 Å². The minimum Gasteiger partial charge on any atom is -0.0828 e. The van der Waals surface area contributed by atoms with E-state index in [9.17, 15) is 0 Å². The zero-order chi connectivity index (χ0) is 6.74. The maximum atomic E-state index is 3.66. The third-order valence-electron chi connectivity index (χ3n) is 1.69. The summed E-state index contributed by atoms with van der Waals surface area (Å²) in [5, 5.41) is 0. The average Bonchev–Trinajstić information content (AvgIpc) is 1.90. The van der Waals surface area contributed by atoms with Crippen molar-refractivity contribution in [3.63, 3.8) is 0 Å². The summed E-state index contributed by atoms with van der Waals surface area (Å²) in [6.45, 7) is 2.19. The van der Waals surface area contributed by atoms with Crippen molar-refractivity contribution >= 4 is 15.9 Å². The second-order valence-corrected chi connectivity index (χ2v) is 3.96. The molecule has 9 heavy (non-hydrogen) atoms. The molecule has 1 atom stereocenters. The lowest BCUT2D eigenvalue weighted by molar-refractivity contribution is 0.703. The lowest BCUT2D eigenvalue weighted by Gasteiger charge is -2.21. The Morgan fingerprint density at radius 1 is 1.56 bits per heavy atom. The molecule has 1 aliphatic rings. The summed E-state index contributed by atoms with van der Waals surface area (Å²) in [7, 11) is 0. The molecule has 0 saturated carbocycles. The third-order valence-corrected chi connectivity index (χ3v) is 2.84. The molecule has 0 N–H and O–H groups in total. The molecule has 50 valence electrons. The average molecular weight is 187 g/mol. The Hall–Kier alpha value is -0.0400. The van der Waals surface area contributed by atoms with Crippen molar-refractivity contribution in [1.29, 1.82) is 0 Å². The molecule has 0 nitrogen and oxygen atoms in total. The number of alkyl halides is 1. The first-order valence-electron chi connectivity index (χ1n) is 3.30. The van der Waals surface area contributed by atoms with Gasteiger partial charge in [0.2, 0.25) is 0 Å². The molecule has 1 aliphatic carbocycles. The Labute approximate surface area is 64.8 Å². The van der Waals surface area contributed by atoms with Gasteiger partial charge in [0, 0.05) is 4.32 Å². The highest BCUT2D eigenvalue weighted by Crippen LogP contribution is 2.30. The van der Waals surface area contributed by atoms with Crippen LogP contribution < -0.4 is 0 Å². The van der Waals surface area contributed by atoms with Gasteiger partial charge in [0.15, 0.2) is 0 Å². The standard InChI is InChI=1S/C8H11Br/c1-2-8(9)6-4-3-5-7-8/h3-6H,2,7H2,1H3/t8-/m0/s1. The summed E-state index contributed by atoms with van der Waals surface area (Å²) in [5.41, 5.74) is 0. The summed E-state index contributed by atoms with van der Waals surface area (Å²) < 4.78 is 0.266. The van der Waals surface area contributed by atoms with Crippen molar-refractivity contribution in [3.8, 4) is 0 Å². The molecular formula is C8H11Br. The number of allylic oxidation sites excluding steroid dienone is 4. The van der Waals surface area contributed by atoms with Crippen molar-refractivity contribution in [3.05, 3.63) is 24.3 Å². The fraction of sp³-hybridized carbons (Fsp3) is 0.500. The van der Waals surface area contributed by atoms with Gasteiger partial charge in [-0.3, -0.25) is 0 Å². The van der Waals surface area contributed by atoms with Gasteiger partial charge in [0.05, 0.1) is 0 Å². The molecule has 0 heterocycles. The number of hydrogen-bond donors (Lipinski definition) is 0. The van der Waals surface area contributed by atoms with Gasteiger partial charge in [-0.05, 0) is 12.8 Å². The Kier molecular flexibility index (Phi) is 2.12. The van der Waals surface area contributed by atoms with E-state index in [1.54, 1.807) is 0 Å². The number of rotatable bonds is 1. The van der Waals surface area contributed by atoms with Crippen molar-refractivity contribution in [1.82, 2.24) is 0 Å². The fourth-order valence-corrected chi connectivity index (χ4v) is 1.24. The van der Waals surface area contributed by atoms with Crippen molar-refractivity contribution in [2.24, 2.45) is 0 Å². The normalized spacial score (nSPS) is 33.1. The number of hydrogen-bond acceptors (Lipinski definition) is 0. The van der Waals surface area contributed by atoms with Gasteiger partial charge in [-0.25, -0.2) is 0 Å². The molecule has 1 rings (SSSR count). The molecule has 0 saturated heterocycles. The molecule has 0 aromatic rings. The number of halogens is 1. The van der Waals surface area contributed by atoms with Gasteiger partial charge < -0.3 is 0 Å². The van der Waals surface area contributed by atoms with Crippen LogP contribution >= 0.6 is 15.9 Å². The lowest BCUT2D eigenvalue weighted by Crippen LogP contribution is -2.15. The molecule has 0 unspecified atom stereocenters. The first kappa shape index (κ1) is 7.07. The largest absolute Gasteiger partial charge is 0.0828 e. The molecule has 0 bridgehead atoms. The zero-order valence-electron chi connectivity index (χ0n) is 5.60. The molecule has 0 amide bonds. The van der Waals surface area contributed by atoms with Crippen LogP contribution in [-0.4, -0.2) is 4.32 Å². The van der Waals surface area contributed by atoms with Crippen molar-refractivity contribution in [2.45, 2.75) is 24.1 Å². The van der Waals surface area contributed by atoms with Gasteiger partial charge in [0.25, 0.3) is 0 Å². The van der Waals surface area contributed by atoms with Crippen LogP contribution in [0.2, 0.25) is 0 Å². The van der Waals surface area contributed by atoms with Gasteiger partial charge in [0.1, 0.15) is 0 Å². The third kappa shape index (κ3) is 1.68.